The van der Waals surface area contributed by atoms with E-state index in [4.69, 9.17) is 16.9 Å². The number of nitriles is 1. The Morgan fingerprint density at radius 1 is 1.19 bits per heavy atom. The van der Waals surface area contributed by atoms with Crippen LogP contribution in [-0.4, -0.2) is 5.91 Å². The molecule has 1 aliphatic rings. The molecular formula is C16H12ClN3O. The summed E-state index contributed by atoms with van der Waals surface area (Å²) in [5, 5.41) is 15.3. The van der Waals surface area contributed by atoms with Gasteiger partial charge in [0.05, 0.1) is 10.6 Å². The number of halogens is 1. The number of fused-ring (bicyclic) bond motifs is 1. The van der Waals surface area contributed by atoms with Gasteiger partial charge in [-0.25, -0.2) is 0 Å². The predicted molar refractivity (Wildman–Crippen MR) is 81.1 cm³/mol. The Morgan fingerprint density at radius 3 is 2.81 bits per heavy atom. The molecule has 5 heteroatoms. The summed E-state index contributed by atoms with van der Waals surface area (Å²) < 4.78 is 0. The highest BCUT2D eigenvalue weighted by Gasteiger charge is 2.14. The minimum Gasteiger partial charge on any atom is -0.322 e. The fraction of sp³-hybridized carbons (Fsp3) is 0.125. The minimum atomic E-state index is -0.198. The van der Waals surface area contributed by atoms with Crippen molar-refractivity contribution in [2.45, 2.75) is 13.1 Å². The third-order valence-electron chi connectivity index (χ3n) is 3.44. The molecule has 3 rings (SSSR count). The summed E-state index contributed by atoms with van der Waals surface area (Å²) in [5.41, 5.74) is 3.87. The van der Waals surface area contributed by atoms with Gasteiger partial charge in [-0.3, -0.25) is 4.79 Å². The first-order valence-electron chi connectivity index (χ1n) is 6.51. The zero-order valence-electron chi connectivity index (χ0n) is 11.1. The van der Waals surface area contributed by atoms with E-state index in [1.54, 1.807) is 18.2 Å². The van der Waals surface area contributed by atoms with Crippen LogP contribution in [0, 0.1) is 11.3 Å². The molecule has 21 heavy (non-hydrogen) atoms. The van der Waals surface area contributed by atoms with Crippen molar-refractivity contribution >= 4 is 23.2 Å². The van der Waals surface area contributed by atoms with Crippen LogP contribution in [0.25, 0.3) is 0 Å². The van der Waals surface area contributed by atoms with Crippen LogP contribution in [0.1, 0.15) is 27.0 Å². The van der Waals surface area contributed by atoms with Gasteiger partial charge in [0.25, 0.3) is 5.91 Å². The van der Waals surface area contributed by atoms with E-state index in [0.29, 0.717) is 21.8 Å². The second-order valence-corrected chi connectivity index (χ2v) is 5.25. The van der Waals surface area contributed by atoms with E-state index in [-0.39, 0.29) is 5.91 Å². The topological polar surface area (TPSA) is 64.9 Å². The number of hydrogen-bond acceptors (Lipinski definition) is 3. The minimum absolute atomic E-state index is 0.198. The zero-order valence-corrected chi connectivity index (χ0v) is 11.9. The van der Waals surface area contributed by atoms with Gasteiger partial charge in [-0.2, -0.15) is 5.26 Å². The summed E-state index contributed by atoms with van der Waals surface area (Å²) in [7, 11) is 0. The van der Waals surface area contributed by atoms with Crippen molar-refractivity contribution in [3.8, 4) is 6.07 Å². The van der Waals surface area contributed by atoms with E-state index in [1.165, 1.54) is 5.56 Å². The number of benzene rings is 2. The second-order valence-electron chi connectivity index (χ2n) is 4.85. The molecular weight excluding hydrogens is 286 g/mol. The van der Waals surface area contributed by atoms with Gasteiger partial charge in [-0.15, -0.1) is 0 Å². The molecule has 0 saturated heterocycles. The fourth-order valence-corrected chi connectivity index (χ4v) is 2.49. The molecule has 0 aliphatic carbocycles. The first kappa shape index (κ1) is 13.6. The smallest absolute Gasteiger partial charge is 0.255 e. The molecule has 1 amide bonds. The molecule has 0 radical (unpaired) electrons. The molecule has 0 aromatic heterocycles. The predicted octanol–water partition coefficient (Wildman–Crippen LogP) is 3.07. The fourth-order valence-electron chi connectivity index (χ4n) is 2.33. The van der Waals surface area contributed by atoms with Crippen molar-refractivity contribution in [3.63, 3.8) is 0 Å². The Bertz CT molecular complexity index is 765. The number of amides is 1. The molecule has 0 unspecified atom stereocenters. The van der Waals surface area contributed by atoms with Crippen molar-refractivity contribution in [1.29, 1.82) is 5.26 Å². The maximum atomic E-state index is 12.3. The number of carbonyl (C=O) groups is 1. The number of nitrogens with zero attached hydrogens (tertiary/aromatic N) is 1. The van der Waals surface area contributed by atoms with Gasteiger partial charge < -0.3 is 10.6 Å². The van der Waals surface area contributed by atoms with Crippen LogP contribution in [0.15, 0.2) is 36.4 Å². The van der Waals surface area contributed by atoms with Crippen molar-refractivity contribution in [1.82, 2.24) is 5.32 Å². The van der Waals surface area contributed by atoms with Gasteiger partial charge >= 0.3 is 0 Å². The van der Waals surface area contributed by atoms with Crippen LogP contribution >= 0.6 is 11.6 Å². The standard InChI is InChI=1S/C16H12ClN3O/c17-15-4-3-14(6-12(15)7-18)20-16(21)10-1-2-11-8-19-9-13(11)5-10/h1-6,19H,8-9H2,(H,20,21). The first-order chi connectivity index (χ1) is 10.2. The van der Waals surface area contributed by atoms with Crippen LogP contribution in [-0.2, 0) is 13.1 Å². The van der Waals surface area contributed by atoms with E-state index in [9.17, 15) is 4.79 Å². The highest BCUT2D eigenvalue weighted by Crippen LogP contribution is 2.21. The highest BCUT2D eigenvalue weighted by molar-refractivity contribution is 6.31. The molecule has 0 bridgehead atoms. The van der Waals surface area contributed by atoms with Gasteiger partial charge in [0, 0.05) is 24.3 Å². The van der Waals surface area contributed by atoms with Gasteiger partial charge in [-0.05, 0) is 41.5 Å². The maximum absolute atomic E-state index is 12.3. The Hall–Kier alpha value is -2.35. The second kappa shape index (κ2) is 5.57. The molecule has 1 aliphatic heterocycles. The van der Waals surface area contributed by atoms with Crippen LogP contribution in [0.5, 0.6) is 0 Å². The third kappa shape index (κ3) is 2.75. The van der Waals surface area contributed by atoms with Gasteiger partial charge in [0.1, 0.15) is 6.07 Å². The molecule has 0 fully saturated rings. The van der Waals surface area contributed by atoms with Gasteiger partial charge in [0.2, 0.25) is 0 Å². The van der Waals surface area contributed by atoms with E-state index < -0.39 is 0 Å². The number of carbonyl (C=O) groups excluding carboxylic acids is 1. The van der Waals surface area contributed by atoms with E-state index in [1.807, 2.05) is 24.3 Å². The highest BCUT2D eigenvalue weighted by atomic mass is 35.5. The number of rotatable bonds is 2. The van der Waals surface area contributed by atoms with Crippen LogP contribution in [0.2, 0.25) is 5.02 Å². The molecule has 4 nitrogen and oxygen atoms in total. The van der Waals surface area contributed by atoms with Crippen LogP contribution in [0.3, 0.4) is 0 Å². The lowest BCUT2D eigenvalue weighted by molar-refractivity contribution is 0.102. The third-order valence-corrected chi connectivity index (χ3v) is 3.77. The lowest BCUT2D eigenvalue weighted by atomic mass is 10.1. The van der Waals surface area contributed by atoms with Crippen molar-refractivity contribution in [3.05, 3.63) is 63.7 Å². The molecule has 0 saturated carbocycles. The average molecular weight is 298 g/mol. The van der Waals surface area contributed by atoms with E-state index >= 15 is 0 Å². The van der Waals surface area contributed by atoms with Crippen LogP contribution < -0.4 is 10.6 Å². The van der Waals surface area contributed by atoms with Crippen molar-refractivity contribution in [2.24, 2.45) is 0 Å². The summed E-state index contributed by atoms with van der Waals surface area (Å²) in [5.74, 6) is -0.198. The number of anilines is 1. The van der Waals surface area contributed by atoms with Crippen molar-refractivity contribution < 1.29 is 4.79 Å². The van der Waals surface area contributed by atoms with E-state index in [2.05, 4.69) is 10.6 Å². The summed E-state index contributed by atoms with van der Waals surface area (Å²) in [6.45, 7) is 1.63. The normalized spacial score (nSPS) is 12.6. The zero-order chi connectivity index (χ0) is 14.8. The molecule has 2 aromatic carbocycles. The number of nitrogens with one attached hydrogen (secondary N) is 2. The summed E-state index contributed by atoms with van der Waals surface area (Å²) in [6.07, 6.45) is 0. The van der Waals surface area contributed by atoms with Crippen LogP contribution in [0.4, 0.5) is 5.69 Å². The molecule has 0 atom stereocenters. The summed E-state index contributed by atoms with van der Waals surface area (Å²) in [4.78, 5) is 12.3. The Labute approximate surface area is 127 Å². The molecule has 0 spiro atoms. The quantitative estimate of drug-likeness (QED) is 0.895. The Balaban J connectivity index is 1.82. The Kier molecular flexibility index (Phi) is 3.61. The Morgan fingerprint density at radius 2 is 2.00 bits per heavy atom. The van der Waals surface area contributed by atoms with Gasteiger partial charge in [0.15, 0.2) is 0 Å². The molecule has 2 N–H and O–H groups in total. The summed E-state index contributed by atoms with van der Waals surface area (Å²) >= 11 is 5.87. The lowest BCUT2D eigenvalue weighted by Crippen LogP contribution is -2.12. The maximum Gasteiger partial charge on any atom is 0.255 e. The summed E-state index contributed by atoms with van der Waals surface area (Å²) in [6, 6.07) is 12.5. The van der Waals surface area contributed by atoms with Gasteiger partial charge in [-0.1, -0.05) is 17.7 Å². The molecule has 104 valence electrons. The SMILES string of the molecule is N#Cc1cc(NC(=O)c2ccc3c(c2)CNC3)ccc1Cl. The number of hydrogen-bond donors (Lipinski definition) is 2. The largest absolute Gasteiger partial charge is 0.322 e. The molecule has 2 aromatic rings. The average Bonchev–Trinajstić information content (AvgIpc) is 2.96. The molecule has 1 heterocycles. The lowest BCUT2D eigenvalue weighted by Gasteiger charge is -2.07. The monoisotopic (exact) mass is 297 g/mol. The first-order valence-corrected chi connectivity index (χ1v) is 6.88. The van der Waals surface area contributed by atoms with E-state index in [0.717, 1.165) is 18.7 Å². The van der Waals surface area contributed by atoms with Crippen molar-refractivity contribution in [2.75, 3.05) is 5.32 Å².